The lowest BCUT2D eigenvalue weighted by atomic mass is 10.2. The molecule has 0 fully saturated rings. The molecule has 0 bridgehead atoms. The molecule has 3 N–H and O–H groups in total. The van der Waals surface area contributed by atoms with Gasteiger partial charge in [-0.2, -0.15) is 0 Å². The lowest BCUT2D eigenvalue weighted by molar-refractivity contribution is 0.117. The van der Waals surface area contributed by atoms with Gasteiger partial charge in [-0.3, -0.25) is 0 Å². The highest BCUT2D eigenvalue weighted by molar-refractivity contribution is 4.82. The van der Waals surface area contributed by atoms with Gasteiger partial charge >= 0.3 is 17.1 Å². The molecule has 2 atom stereocenters. The van der Waals surface area contributed by atoms with Crippen LogP contribution in [0.3, 0.4) is 0 Å². The van der Waals surface area contributed by atoms with Crippen molar-refractivity contribution in [1.29, 1.82) is 0 Å². The monoisotopic (exact) mass is 261 g/mol. The molecule has 0 radical (unpaired) electrons. The predicted molar refractivity (Wildman–Crippen MR) is 60.1 cm³/mol. The maximum Gasteiger partial charge on any atom is 0.340 e. The fourth-order valence-corrected chi connectivity index (χ4v) is 1.46. The van der Waals surface area contributed by atoms with Crippen LogP contribution >= 0.6 is 0 Å². The first-order valence-corrected chi connectivity index (χ1v) is 5.22. The maximum atomic E-state index is 11.8. The Labute approximate surface area is 101 Å². The third kappa shape index (κ3) is 2.15. The maximum absolute atomic E-state index is 11.8. The van der Waals surface area contributed by atoms with Gasteiger partial charge in [0.25, 0.3) is 0 Å². The predicted octanol–water partition coefficient (Wildman–Crippen LogP) is -2.99. The molecule has 1 rings (SSSR count). The summed E-state index contributed by atoms with van der Waals surface area (Å²) in [5, 5.41) is 27.3. The molecule has 0 spiro atoms. The van der Waals surface area contributed by atoms with E-state index in [2.05, 4.69) is 0 Å². The smallest absolute Gasteiger partial charge is 0.340 e. The van der Waals surface area contributed by atoms with E-state index < -0.39 is 42.7 Å². The van der Waals surface area contributed by atoms with Crippen molar-refractivity contribution in [1.82, 2.24) is 13.7 Å². The van der Waals surface area contributed by atoms with Crippen LogP contribution in [-0.4, -0.2) is 35.1 Å². The van der Waals surface area contributed by atoms with Gasteiger partial charge in [0, 0.05) is 0 Å². The summed E-state index contributed by atoms with van der Waals surface area (Å²) in [5.74, 6) is 0. The van der Waals surface area contributed by atoms with Crippen LogP contribution in [0.15, 0.2) is 14.4 Å². The number of aliphatic hydroxyl groups is 3. The van der Waals surface area contributed by atoms with Crippen molar-refractivity contribution in [2.75, 3.05) is 0 Å². The Morgan fingerprint density at radius 1 is 0.944 bits per heavy atom. The average molecular weight is 261 g/mol. The highest BCUT2D eigenvalue weighted by Crippen LogP contribution is 2.03. The van der Waals surface area contributed by atoms with E-state index in [0.29, 0.717) is 13.7 Å². The van der Waals surface area contributed by atoms with Crippen molar-refractivity contribution in [3.8, 4) is 0 Å². The van der Waals surface area contributed by atoms with Gasteiger partial charge in [0.1, 0.15) is 13.5 Å². The van der Waals surface area contributed by atoms with E-state index in [9.17, 15) is 19.5 Å². The van der Waals surface area contributed by atoms with Gasteiger partial charge in [0.2, 0.25) is 0 Å². The third-order valence-electron chi connectivity index (χ3n) is 2.72. The Morgan fingerprint density at radius 2 is 1.33 bits per heavy atom. The molecule has 2 unspecified atom stereocenters. The van der Waals surface area contributed by atoms with Crippen molar-refractivity contribution < 1.29 is 15.3 Å². The summed E-state index contributed by atoms with van der Waals surface area (Å²) in [6, 6.07) is -0.902. The van der Waals surface area contributed by atoms with E-state index in [1.54, 1.807) is 0 Å². The highest BCUT2D eigenvalue weighted by atomic mass is 16.3. The van der Waals surface area contributed by atoms with Gasteiger partial charge in [0.05, 0.1) is 12.1 Å². The van der Waals surface area contributed by atoms with Gasteiger partial charge in [0.15, 0.2) is 0 Å². The normalized spacial score (nSPS) is 14.5. The average Bonchev–Trinajstić information content (AvgIpc) is 2.29. The molecule has 0 aliphatic heterocycles. The van der Waals surface area contributed by atoms with Crippen LogP contribution < -0.4 is 17.1 Å². The summed E-state index contributed by atoms with van der Waals surface area (Å²) in [4.78, 5) is 35.2. The molecule has 1 aromatic heterocycles. The van der Waals surface area contributed by atoms with Crippen LogP contribution in [0, 0.1) is 0 Å². The molecule has 0 aliphatic carbocycles. The SMILES string of the molecule is CC(O)C(C)n1c(=O)n(CO)c(=O)n(CO)c1=O. The molecule has 0 saturated carbocycles. The lowest BCUT2D eigenvalue weighted by Gasteiger charge is -2.18. The topological polar surface area (TPSA) is 127 Å². The Hall–Kier alpha value is -1.71. The third-order valence-corrected chi connectivity index (χ3v) is 2.72. The van der Waals surface area contributed by atoms with Crippen molar-refractivity contribution >= 4 is 0 Å². The lowest BCUT2D eigenvalue weighted by Crippen LogP contribution is -2.56. The van der Waals surface area contributed by atoms with Crippen molar-refractivity contribution in [2.24, 2.45) is 0 Å². The Morgan fingerprint density at radius 3 is 1.61 bits per heavy atom. The fraction of sp³-hybridized carbons (Fsp3) is 0.667. The van der Waals surface area contributed by atoms with Crippen LogP contribution in [-0.2, 0) is 13.5 Å². The van der Waals surface area contributed by atoms with E-state index in [0.717, 1.165) is 0 Å². The van der Waals surface area contributed by atoms with Gasteiger partial charge in [-0.15, -0.1) is 0 Å². The largest absolute Gasteiger partial charge is 0.391 e. The first-order valence-electron chi connectivity index (χ1n) is 5.22. The van der Waals surface area contributed by atoms with E-state index in [1.807, 2.05) is 0 Å². The second kappa shape index (κ2) is 5.29. The van der Waals surface area contributed by atoms with E-state index in [4.69, 9.17) is 10.2 Å². The van der Waals surface area contributed by atoms with E-state index in [1.165, 1.54) is 13.8 Å². The quantitative estimate of drug-likeness (QED) is 0.530. The first kappa shape index (κ1) is 14.4. The molecule has 0 amide bonds. The van der Waals surface area contributed by atoms with E-state index in [-0.39, 0.29) is 0 Å². The van der Waals surface area contributed by atoms with Crippen molar-refractivity contribution in [3.05, 3.63) is 31.5 Å². The standard InChI is InChI=1S/C9H15N3O6/c1-5(6(2)15)12-8(17)10(3-13)7(16)11(4-14)9(12)18/h5-6,13-15H,3-4H2,1-2H3. The molecule has 1 aromatic rings. The molecule has 102 valence electrons. The van der Waals surface area contributed by atoms with Crippen LogP contribution in [0.2, 0.25) is 0 Å². The number of aromatic nitrogens is 3. The van der Waals surface area contributed by atoms with Crippen molar-refractivity contribution in [3.63, 3.8) is 0 Å². The number of hydrogen-bond donors (Lipinski definition) is 3. The minimum Gasteiger partial charge on any atom is -0.391 e. The molecule has 9 heteroatoms. The summed E-state index contributed by atoms with van der Waals surface area (Å²) in [7, 11) is 0. The summed E-state index contributed by atoms with van der Waals surface area (Å²) in [6.45, 7) is 0.921. The highest BCUT2D eigenvalue weighted by Gasteiger charge is 2.21. The number of hydrogen-bond acceptors (Lipinski definition) is 6. The number of aliphatic hydroxyl groups excluding tert-OH is 3. The summed E-state index contributed by atoms with van der Waals surface area (Å²) in [6.07, 6.45) is -1.02. The zero-order valence-electron chi connectivity index (χ0n) is 9.98. The molecule has 1 heterocycles. The molecule has 0 saturated heterocycles. The second-order valence-electron chi connectivity index (χ2n) is 3.84. The van der Waals surface area contributed by atoms with Gasteiger partial charge in [-0.05, 0) is 13.8 Å². The van der Waals surface area contributed by atoms with Crippen LogP contribution in [0.1, 0.15) is 19.9 Å². The van der Waals surface area contributed by atoms with Crippen molar-refractivity contribution in [2.45, 2.75) is 39.5 Å². The molecule has 9 nitrogen and oxygen atoms in total. The Balaban J connectivity index is 3.78. The fourth-order valence-electron chi connectivity index (χ4n) is 1.46. The van der Waals surface area contributed by atoms with Gasteiger partial charge < -0.3 is 15.3 Å². The zero-order valence-corrected chi connectivity index (χ0v) is 9.98. The Bertz CT molecular complexity index is 554. The summed E-state index contributed by atoms with van der Waals surface area (Å²) < 4.78 is 1.38. The zero-order chi connectivity index (χ0) is 14.0. The Kier molecular flexibility index (Phi) is 4.22. The molecular weight excluding hydrogens is 246 g/mol. The van der Waals surface area contributed by atoms with E-state index >= 15 is 0 Å². The first-order chi connectivity index (χ1) is 8.36. The molecule has 0 aromatic carbocycles. The molecular formula is C9H15N3O6. The second-order valence-corrected chi connectivity index (χ2v) is 3.84. The van der Waals surface area contributed by atoms with Gasteiger partial charge in [-0.1, -0.05) is 0 Å². The number of rotatable bonds is 4. The molecule has 0 aliphatic rings. The minimum absolute atomic E-state index is 0.385. The molecule has 18 heavy (non-hydrogen) atoms. The van der Waals surface area contributed by atoms with Crippen LogP contribution in [0.25, 0.3) is 0 Å². The van der Waals surface area contributed by atoms with Crippen LogP contribution in [0.4, 0.5) is 0 Å². The summed E-state index contributed by atoms with van der Waals surface area (Å²) >= 11 is 0. The van der Waals surface area contributed by atoms with Gasteiger partial charge in [-0.25, -0.2) is 28.1 Å². The summed E-state index contributed by atoms with van der Waals surface area (Å²) in [5.41, 5.74) is -3.18. The number of nitrogens with zero attached hydrogens (tertiary/aromatic N) is 3. The minimum atomic E-state index is -1.11. The van der Waals surface area contributed by atoms with Crippen LogP contribution in [0.5, 0.6) is 0 Å².